The molecule has 0 saturated heterocycles. The van der Waals surface area contributed by atoms with Gasteiger partial charge in [0.2, 0.25) is 0 Å². The minimum atomic E-state index is 0.146. The molecule has 14 heavy (non-hydrogen) atoms. The number of benzene rings is 1. The van der Waals surface area contributed by atoms with E-state index in [2.05, 4.69) is 27.0 Å². The molecule has 0 aliphatic rings. The highest BCUT2D eigenvalue weighted by Crippen LogP contribution is 2.33. The van der Waals surface area contributed by atoms with Crippen LogP contribution in [0.5, 0.6) is 5.75 Å². The summed E-state index contributed by atoms with van der Waals surface area (Å²) >= 11 is 1.87. The van der Waals surface area contributed by atoms with Gasteiger partial charge in [-0.1, -0.05) is 32.9 Å². The van der Waals surface area contributed by atoms with Gasteiger partial charge in [-0.15, -0.1) is 0 Å². The Labute approximate surface area is 90.5 Å². The van der Waals surface area contributed by atoms with Gasteiger partial charge in [0.15, 0.2) is 0 Å². The van der Waals surface area contributed by atoms with Crippen molar-refractivity contribution in [3.8, 4) is 5.75 Å². The van der Waals surface area contributed by atoms with Crippen LogP contribution in [-0.4, -0.2) is 16.6 Å². The third-order valence-corrected chi connectivity index (χ3v) is 4.28. The van der Waals surface area contributed by atoms with Crippen molar-refractivity contribution < 1.29 is 5.11 Å². The fourth-order valence-corrected chi connectivity index (χ4v) is 2.15. The molecule has 1 nitrogen and oxygen atoms in total. The van der Waals surface area contributed by atoms with Crippen LogP contribution < -0.4 is 0 Å². The fourth-order valence-electron chi connectivity index (χ4n) is 1.42. The summed E-state index contributed by atoms with van der Waals surface area (Å²) in [6, 6.07) is 7.51. The lowest BCUT2D eigenvalue weighted by Gasteiger charge is -2.31. The number of thioether (sulfide) groups is 1. The summed E-state index contributed by atoms with van der Waals surface area (Å²) in [5, 5.41) is 9.78. The number of hydrogen-bond acceptors (Lipinski definition) is 2. The van der Waals surface area contributed by atoms with Crippen LogP contribution in [0.4, 0.5) is 0 Å². The molecule has 78 valence electrons. The molecule has 0 amide bonds. The van der Waals surface area contributed by atoms with Crippen molar-refractivity contribution in [2.24, 2.45) is 0 Å². The standard InChI is InChI=1S/C12H18OS/c1-9(14-4)12(2,3)10-5-7-11(13)8-6-10/h5-9,13H,1-4H3. The van der Waals surface area contributed by atoms with Gasteiger partial charge in [0.05, 0.1) is 0 Å². The molecule has 0 aliphatic heterocycles. The highest BCUT2D eigenvalue weighted by atomic mass is 32.2. The van der Waals surface area contributed by atoms with E-state index in [-0.39, 0.29) is 5.41 Å². The molecule has 1 unspecified atom stereocenters. The van der Waals surface area contributed by atoms with Gasteiger partial charge in [0.1, 0.15) is 5.75 Å². The van der Waals surface area contributed by atoms with E-state index in [9.17, 15) is 5.11 Å². The lowest BCUT2D eigenvalue weighted by molar-refractivity contribution is 0.472. The van der Waals surface area contributed by atoms with Gasteiger partial charge in [-0.2, -0.15) is 11.8 Å². The van der Waals surface area contributed by atoms with Crippen molar-refractivity contribution in [1.82, 2.24) is 0 Å². The number of aromatic hydroxyl groups is 1. The quantitative estimate of drug-likeness (QED) is 0.825. The van der Waals surface area contributed by atoms with Crippen LogP contribution in [0.15, 0.2) is 24.3 Å². The van der Waals surface area contributed by atoms with Crippen molar-refractivity contribution in [2.75, 3.05) is 6.26 Å². The summed E-state index contributed by atoms with van der Waals surface area (Å²) in [6.45, 7) is 6.71. The average molecular weight is 210 g/mol. The Kier molecular flexibility index (Phi) is 3.48. The smallest absolute Gasteiger partial charge is 0.115 e. The topological polar surface area (TPSA) is 20.2 Å². The molecule has 0 aliphatic carbocycles. The average Bonchev–Trinajstić information content (AvgIpc) is 2.17. The minimum Gasteiger partial charge on any atom is -0.508 e. The van der Waals surface area contributed by atoms with E-state index < -0.39 is 0 Å². The first-order valence-corrected chi connectivity index (χ1v) is 6.09. The van der Waals surface area contributed by atoms with Gasteiger partial charge in [0.25, 0.3) is 0 Å². The van der Waals surface area contributed by atoms with Crippen LogP contribution in [0.2, 0.25) is 0 Å². The van der Waals surface area contributed by atoms with Gasteiger partial charge in [-0.3, -0.25) is 0 Å². The van der Waals surface area contributed by atoms with Gasteiger partial charge < -0.3 is 5.11 Å². The van der Waals surface area contributed by atoms with Crippen LogP contribution >= 0.6 is 11.8 Å². The van der Waals surface area contributed by atoms with E-state index >= 15 is 0 Å². The second-order valence-electron chi connectivity index (χ2n) is 4.15. The Hall–Kier alpha value is -0.630. The van der Waals surface area contributed by atoms with E-state index in [4.69, 9.17) is 0 Å². The maximum Gasteiger partial charge on any atom is 0.115 e. The maximum absolute atomic E-state index is 9.21. The summed E-state index contributed by atoms with van der Waals surface area (Å²) in [4.78, 5) is 0. The highest BCUT2D eigenvalue weighted by molar-refractivity contribution is 7.99. The van der Waals surface area contributed by atoms with E-state index in [1.165, 1.54) is 5.56 Å². The van der Waals surface area contributed by atoms with Crippen molar-refractivity contribution in [3.05, 3.63) is 29.8 Å². The molecule has 1 aromatic carbocycles. The molecular formula is C12H18OS. The van der Waals surface area contributed by atoms with Gasteiger partial charge in [-0.25, -0.2) is 0 Å². The van der Waals surface area contributed by atoms with Gasteiger partial charge in [-0.05, 0) is 24.0 Å². The molecule has 2 heteroatoms. The number of hydrogen-bond donors (Lipinski definition) is 1. The Morgan fingerprint density at radius 3 is 2.14 bits per heavy atom. The van der Waals surface area contributed by atoms with Gasteiger partial charge >= 0.3 is 0 Å². The molecule has 0 bridgehead atoms. The Morgan fingerprint density at radius 2 is 1.71 bits per heavy atom. The van der Waals surface area contributed by atoms with Crippen LogP contribution in [0.25, 0.3) is 0 Å². The van der Waals surface area contributed by atoms with E-state index in [0.717, 1.165) is 0 Å². The first kappa shape index (κ1) is 11.4. The lowest BCUT2D eigenvalue weighted by Crippen LogP contribution is -2.28. The summed E-state index contributed by atoms with van der Waals surface area (Å²) in [6.07, 6.45) is 2.13. The monoisotopic (exact) mass is 210 g/mol. The molecule has 1 atom stereocenters. The first-order valence-electron chi connectivity index (χ1n) is 4.80. The Bertz CT molecular complexity index is 290. The van der Waals surface area contributed by atoms with Crippen molar-refractivity contribution in [1.29, 1.82) is 0 Å². The van der Waals surface area contributed by atoms with Crippen LogP contribution in [0.3, 0.4) is 0 Å². The minimum absolute atomic E-state index is 0.146. The third-order valence-electron chi connectivity index (χ3n) is 2.98. The van der Waals surface area contributed by atoms with Crippen molar-refractivity contribution >= 4 is 11.8 Å². The molecule has 0 spiro atoms. The molecule has 0 heterocycles. The van der Waals surface area contributed by atoms with E-state index in [1.54, 1.807) is 12.1 Å². The second kappa shape index (κ2) is 4.26. The normalized spacial score (nSPS) is 14.0. The molecular weight excluding hydrogens is 192 g/mol. The Balaban J connectivity index is 2.97. The van der Waals surface area contributed by atoms with Crippen molar-refractivity contribution in [2.45, 2.75) is 31.4 Å². The Morgan fingerprint density at radius 1 is 1.21 bits per heavy atom. The largest absolute Gasteiger partial charge is 0.508 e. The SMILES string of the molecule is CSC(C)C(C)(C)c1ccc(O)cc1. The second-order valence-corrected chi connectivity index (χ2v) is 5.33. The number of phenols is 1. The zero-order valence-corrected chi connectivity index (χ0v) is 10.1. The molecule has 0 fully saturated rings. The summed E-state index contributed by atoms with van der Waals surface area (Å²) < 4.78 is 0. The molecule has 1 aromatic rings. The number of phenolic OH excluding ortho intramolecular Hbond substituents is 1. The third kappa shape index (κ3) is 2.24. The summed E-state index contributed by atoms with van der Waals surface area (Å²) in [5.74, 6) is 0.335. The van der Waals surface area contributed by atoms with Crippen LogP contribution in [-0.2, 0) is 5.41 Å². The summed E-state index contributed by atoms with van der Waals surface area (Å²) in [5.41, 5.74) is 1.42. The van der Waals surface area contributed by atoms with Gasteiger partial charge in [0, 0.05) is 10.7 Å². The zero-order valence-electron chi connectivity index (χ0n) is 9.24. The molecule has 0 saturated carbocycles. The molecule has 0 radical (unpaired) electrons. The number of rotatable bonds is 3. The molecule has 1 rings (SSSR count). The highest BCUT2D eigenvalue weighted by Gasteiger charge is 2.26. The predicted octanol–water partition coefficient (Wildman–Crippen LogP) is 3.42. The maximum atomic E-state index is 9.21. The fraction of sp³-hybridized carbons (Fsp3) is 0.500. The van der Waals surface area contributed by atoms with Crippen LogP contribution in [0, 0.1) is 0 Å². The molecule has 0 aromatic heterocycles. The molecule has 1 N–H and O–H groups in total. The van der Waals surface area contributed by atoms with Crippen LogP contribution in [0.1, 0.15) is 26.3 Å². The van der Waals surface area contributed by atoms with E-state index in [0.29, 0.717) is 11.0 Å². The van der Waals surface area contributed by atoms with Crippen molar-refractivity contribution in [3.63, 3.8) is 0 Å². The predicted molar refractivity (Wildman–Crippen MR) is 64.1 cm³/mol. The first-order chi connectivity index (χ1) is 6.48. The zero-order chi connectivity index (χ0) is 10.8. The summed E-state index contributed by atoms with van der Waals surface area (Å²) in [7, 11) is 0. The van der Waals surface area contributed by atoms with E-state index in [1.807, 2.05) is 23.9 Å². The lowest BCUT2D eigenvalue weighted by atomic mass is 9.82.